The molecule has 1 saturated carbocycles. The highest BCUT2D eigenvalue weighted by Crippen LogP contribution is 2.40. The molecule has 0 saturated heterocycles. The predicted octanol–water partition coefficient (Wildman–Crippen LogP) is 1.68. The molecule has 1 aliphatic carbocycles. The van der Waals surface area contributed by atoms with Crippen LogP contribution in [0.15, 0.2) is 16.7 Å². The van der Waals surface area contributed by atoms with Crippen LogP contribution in [0.3, 0.4) is 0 Å². The lowest BCUT2D eigenvalue weighted by Crippen LogP contribution is -1.86. The minimum atomic E-state index is 0.508. The van der Waals surface area contributed by atoms with Crippen LogP contribution in [0.25, 0.3) is 11.2 Å². The molecule has 2 aromatic rings. The fourth-order valence-corrected chi connectivity index (χ4v) is 1.37. The predicted molar refractivity (Wildman–Crippen MR) is 48.2 cm³/mol. The summed E-state index contributed by atoms with van der Waals surface area (Å²) >= 11 is 0. The van der Waals surface area contributed by atoms with Crippen molar-refractivity contribution in [2.75, 3.05) is 5.73 Å². The first-order chi connectivity index (χ1) is 6.34. The van der Waals surface area contributed by atoms with E-state index in [2.05, 4.69) is 9.97 Å². The third-order valence-corrected chi connectivity index (χ3v) is 2.27. The molecule has 2 N–H and O–H groups in total. The molecule has 0 radical (unpaired) electrons. The molecular formula is C9H9N3O. The molecule has 4 nitrogen and oxygen atoms in total. The number of nitrogens with two attached hydrogens (primary N) is 1. The highest BCUT2D eigenvalue weighted by molar-refractivity contribution is 5.82. The van der Waals surface area contributed by atoms with Gasteiger partial charge >= 0.3 is 0 Å². The van der Waals surface area contributed by atoms with Gasteiger partial charge in [0.1, 0.15) is 0 Å². The summed E-state index contributed by atoms with van der Waals surface area (Å²) in [6, 6.07) is 1.74. The Morgan fingerprint density at radius 2 is 2.31 bits per heavy atom. The zero-order valence-corrected chi connectivity index (χ0v) is 7.03. The molecule has 0 amide bonds. The van der Waals surface area contributed by atoms with E-state index in [4.69, 9.17) is 10.2 Å². The van der Waals surface area contributed by atoms with E-state index in [0.717, 1.165) is 5.89 Å². The maximum atomic E-state index is 5.73. The molecular weight excluding hydrogens is 166 g/mol. The third-order valence-electron chi connectivity index (χ3n) is 2.27. The normalized spacial score (nSPS) is 16.6. The van der Waals surface area contributed by atoms with Gasteiger partial charge in [-0.3, -0.25) is 0 Å². The van der Waals surface area contributed by atoms with Gasteiger partial charge in [-0.25, -0.2) is 9.97 Å². The van der Waals surface area contributed by atoms with Crippen LogP contribution in [0.1, 0.15) is 24.7 Å². The SMILES string of the molecule is Nc1ccnc2oc(C3CC3)nc12. The van der Waals surface area contributed by atoms with Crippen LogP contribution < -0.4 is 5.73 Å². The molecule has 0 atom stereocenters. The van der Waals surface area contributed by atoms with Crippen molar-refractivity contribution in [1.29, 1.82) is 0 Å². The lowest BCUT2D eigenvalue weighted by Gasteiger charge is -1.88. The van der Waals surface area contributed by atoms with E-state index < -0.39 is 0 Å². The number of hydrogen-bond donors (Lipinski definition) is 1. The maximum Gasteiger partial charge on any atom is 0.249 e. The molecule has 2 heterocycles. The van der Waals surface area contributed by atoms with Gasteiger partial charge in [-0.15, -0.1) is 0 Å². The summed E-state index contributed by atoms with van der Waals surface area (Å²) in [6.07, 6.45) is 3.99. The zero-order valence-electron chi connectivity index (χ0n) is 7.03. The lowest BCUT2D eigenvalue weighted by atomic mass is 10.4. The highest BCUT2D eigenvalue weighted by Gasteiger charge is 2.29. The van der Waals surface area contributed by atoms with E-state index in [-0.39, 0.29) is 0 Å². The number of nitrogen functional groups attached to an aromatic ring is 1. The highest BCUT2D eigenvalue weighted by atomic mass is 16.4. The van der Waals surface area contributed by atoms with Gasteiger partial charge in [-0.05, 0) is 18.9 Å². The summed E-state index contributed by atoms with van der Waals surface area (Å²) in [5.41, 5.74) is 7.62. The number of oxazole rings is 1. The van der Waals surface area contributed by atoms with E-state index in [1.54, 1.807) is 12.3 Å². The maximum absolute atomic E-state index is 5.73. The molecule has 1 fully saturated rings. The van der Waals surface area contributed by atoms with Crippen molar-refractivity contribution in [3.8, 4) is 0 Å². The first-order valence-corrected chi connectivity index (χ1v) is 4.35. The van der Waals surface area contributed by atoms with Crippen LogP contribution >= 0.6 is 0 Å². The number of rotatable bonds is 1. The smallest absolute Gasteiger partial charge is 0.249 e. The van der Waals surface area contributed by atoms with Gasteiger partial charge in [-0.2, -0.15) is 0 Å². The van der Waals surface area contributed by atoms with E-state index >= 15 is 0 Å². The summed E-state index contributed by atoms with van der Waals surface area (Å²) in [6.45, 7) is 0. The van der Waals surface area contributed by atoms with Gasteiger partial charge in [0.05, 0.1) is 5.69 Å². The second-order valence-corrected chi connectivity index (χ2v) is 3.38. The van der Waals surface area contributed by atoms with E-state index in [1.807, 2.05) is 0 Å². The number of nitrogens with zero attached hydrogens (tertiary/aromatic N) is 2. The number of aromatic nitrogens is 2. The first-order valence-electron chi connectivity index (χ1n) is 4.35. The quantitative estimate of drug-likeness (QED) is 0.716. The van der Waals surface area contributed by atoms with Gasteiger partial charge < -0.3 is 10.2 Å². The standard InChI is InChI=1S/C9H9N3O/c10-6-3-4-11-9-7(6)12-8(13-9)5-1-2-5/h3-5H,1-2H2,(H2,10,11). The van der Waals surface area contributed by atoms with Gasteiger partial charge in [-0.1, -0.05) is 0 Å². The molecule has 0 spiro atoms. The molecule has 0 bridgehead atoms. The minimum Gasteiger partial charge on any atom is -0.422 e. The van der Waals surface area contributed by atoms with Crippen LogP contribution in [0, 0.1) is 0 Å². The van der Waals surface area contributed by atoms with Crippen molar-refractivity contribution < 1.29 is 4.42 Å². The number of anilines is 1. The Morgan fingerprint density at radius 1 is 1.46 bits per heavy atom. The minimum absolute atomic E-state index is 0.508. The van der Waals surface area contributed by atoms with E-state index in [9.17, 15) is 0 Å². The average Bonchev–Trinajstić information content (AvgIpc) is 2.87. The Labute approximate surface area is 74.8 Å². The number of hydrogen-bond acceptors (Lipinski definition) is 4. The number of pyridine rings is 1. The molecule has 0 unspecified atom stereocenters. The second-order valence-electron chi connectivity index (χ2n) is 3.38. The molecule has 13 heavy (non-hydrogen) atoms. The van der Waals surface area contributed by atoms with Crippen LogP contribution in [0.4, 0.5) is 5.69 Å². The fourth-order valence-electron chi connectivity index (χ4n) is 1.37. The Morgan fingerprint density at radius 3 is 3.00 bits per heavy atom. The van der Waals surface area contributed by atoms with Crippen molar-refractivity contribution in [3.63, 3.8) is 0 Å². The number of fused-ring (bicyclic) bond motifs is 1. The van der Waals surface area contributed by atoms with Crippen molar-refractivity contribution in [2.45, 2.75) is 18.8 Å². The first kappa shape index (κ1) is 6.88. The second kappa shape index (κ2) is 2.22. The Balaban J connectivity index is 2.26. The van der Waals surface area contributed by atoms with Crippen molar-refractivity contribution >= 4 is 16.9 Å². The topological polar surface area (TPSA) is 64.9 Å². The van der Waals surface area contributed by atoms with Crippen LogP contribution in [-0.2, 0) is 0 Å². The zero-order chi connectivity index (χ0) is 8.84. The molecule has 0 aliphatic heterocycles. The summed E-state index contributed by atoms with van der Waals surface area (Å²) in [7, 11) is 0. The van der Waals surface area contributed by atoms with Crippen molar-refractivity contribution in [1.82, 2.24) is 9.97 Å². The largest absolute Gasteiger partial charge is 0.422 e. The average molecular weight is 175 g/mol. The molecule has 4 heteroatoms. The summed E-state index contributed by atoms with van der Waals surface area (Å²) in [5.74, 6) is 1.30. The van der Waals surface area contributed by atoms with Crippen LogP contribution in [0.5, 0.6) is 0 Å². The molecule has 0 aromatic carbocycles. The Kier molecular flexibility index (Phi) is 1.17. The van der Waals surface area contributed by atoms with Gasteiger partial charge in [0.2, 0.25) is 11.6 Å². The molecule has 66 valence electrons. The van der Waals surface area contributed by atoms with Gasteiger partial charge in [0.25, 0.3) is 0 Å². The Bertz CT molecular complexity index is 459. The van der Waals surface area contributed by atoms with E-state index in [1.165, 1.54) is 12.8 Å². The van der Waals surface area contributed by atoms with Gasteiger partial charge in [0, 0.05) is 12.1 Å². The van der Waals surface area contributed by atoms with E-state index in [0.29, 0.717) is 22.8 Å². The lowest BCUT2D eigenvalue weighted by molar-refractivity contribution is 0.525. The van der Waals surface area contributed by atoms with Gasteiger partial charge in [0.15, 0.2) is 5.52 Å². The molecule has 1 aliphatic rings. The molecule has 3 rings (SSSR count). The fraction of sp³-hybridized carbons (Fsp3) is 0.333. The van der Waals surface area contributed by atoms with Crippen molar-refractivity contribution in [2.24, 2.45) is 0 Å². The summed E-state index contributed by atoms with van der Waals surface area (Å²) in [5, 5.41) is 0. The summed E-state index contributed by atoms with van der Waals surface area (Å²) in [4.78, 5) is 8.38. The van der Waals surface area contributed by atoms with Crippen LogP contribution in [-0.4, -0.2) is 9.97 Å². The monoisotopic (exact) mass is 175 g/mol. The van der Waals surface area contributed by atoms with Crippen LogP contribution in [0.2, 0.25) is 0 Å². The molecule has 2 aromatic heterocycles. The third kappa shape index (κ3) is 0.983. The van der Waals surface area contributed by atoms with Crippen molar-refractivity contribution in [3.05, 3.63) is 18.2 Å². The summed E-state index contributed by atoms with van der Waals surface area (Å²) < 4.78 is 5.47. The Hall–Kier alpha value is -1.58.